The number of halogens is 1. The van der Waals surface area contributed by atoms with Crippen molar-refractivity contribution in [1.29, 1.82) is 0 Å². The maximum atomic E-state index is 13.9. The smallest absolute Gasteiger partial charge is 0.326 e. The van der Waals surface area contributed by atoms with Gasteiger partial charge in [0.25, 0.3) is 0 Å². The van der Waals surface area contributed by atoms with Crippen LogP contribution in [-0.2, 0) is 30.3 Å². The predicted molar refractivity (Wildman–Crippen MR) is 97.7 cm³/mol. The van der Waals surface area contributed by atoms with Gasteiger partial charge in [0, 0.05) is 13.3 Å². The molecule has 0 saturated carbocycles. The fourth-order valence-corrected chi connectivity index (χ4v) is 2.57. The molecule has 0 aliphatic heterocycles. The summed E-state index contributed by atoms with van der Waals surface area (Å²) in [5.74, 6) is -4.53. The van der Waals surface area contributed by atoms with Crippen LogP contribution >= 0.6 is 0 Å². The van der Waals surface area contributed by atoms with Gasteiger partial charge >= 0.3 is 11.9 Å². The lowest BCUT2D eigenvalue weighted by molar-refractivity contribution is -0.149. The average molecular weight is 396 g/mol. The van der Waals surface area contributed by atoms with Crippen molar-refractivity contribution in [2.75, 3.05) is 6.61 Å². The molecule has 8 nitrogen and oxygen atoms in total. The number of carbonyl (C=O) groups is 4. The number of ether oxygens (including phenoxy) is 1. The summed E-state index contributed by atoms with van der Waals surface area (Å²) in [5, 5.41) is 14.1. The minimum absolute atomic E-state index is 0.153. The van der Waals surface area contributed by atoms with Crippen molar-refractivity contribution < 1.29 is 33.4 Å². The van der Waals surface area contributed by atoms with Gasteiger partial charge in [-0.2, -0.15) is 0 Å². The number of amides is 2. The first-order valence-electron chi connectivity index (χ1n) is 8.86. The molecule has 0 fully saturated rings. The van der Waals surface area contributed by atoms with Gasteiger partial charge in [-0.15, -0.1) is 0 Å². The number of carboxylic acids is 1. The summed E-state index contributed by atoms with van der Waals surface area (Å²) in [6.45, 7) is 4.46. The van der Waals surface area contributed by atoms with Gasteiger partial charge < -0.3 is 20.5 Å². The molecule has 1 aromatic carbocycles. The molecule has 0 aliphatic carbocycles. The molecule has 3 atom stereocenters. The van der Waals surface area contributed by atoms with Crippen LogP contribution in [0, 0.1) is 11.7 Å². The summed E-state index contributed by atoms with van der Waals surface area (Å²) in [4.78, 5) is 47.2. The molecule has 0 bridgehead atoms. The molecule has 1 rings (SSSR count). The van der Waals surface area contributed by atoms with Crippen molar-refractivity contribution in [1.82, 2.24) is 10.6 Å². The van der Waals surface area contributed by atoms with Crippen LogP contribution in [0.3, 0.4) is 0 Å². The summed E-state index contributed by atoms with van der Waals surface area (Å²) in [6.07, 6.45) is -0.343. The Kier molecular flexibility index (Phi) is 9.07. The topological polar surface area (TPSA) is 122 Å². The van der Waals surface area contributed by atoms with E-state index in [2.05, 4.69) is 10.6 Å². The number of rotatable bonds is 10. The predicted octanol–water partition coefficient (Wildman–Crippen LogP) is 1.03. The molecular weight excluding hydrogens is 371 g/mol. The van der Waals surface area contributed by atoms with Crippen LogP contribution in [0.4, 0.5) is 4.39 Å². The van der Waals surface area contributed by atoms with E-state index in [9.17, 15) is 28.7 Å². The largest absolute Gasteiger partial charge is 0.480 e. The Morgan fingerprint density at radius 2 is 1.79 bits per heavy atom. The quantitative estimate of drug-likeness (QED) is 0.508. The van der Waals surface area contributed by atoms with E-state index in [1.54, 1.807) is 13.0 Å². The van der Waals surface area contributed by atoms with Crippen molar-refractivity contribution in [3.8, 4) is 0 Å². The van der Waals surface area contributed by atoms with Crippen LogP contribution in [0.5, 0.6) is 0 Å². The lowest BCUT2D eigenvalue weighted by Crippen LogP contribution is -2.52. The molecule has 1 aromatic rings. The van der Waals surface area contributed by atoms with Crippen LogP contribution in [0.1, 0.15) is 32.8 Å². The fourth-order valence-electron chi connectivity index (χ4n) is 2.57. The number of nitrogens with one attached hydrogen (secondary N) is 2. The highest BCUT2D eigenvalue weighted by Gasteiger charge is 2.30. The van der Waals surface area contributed by atoms with E-state index in [-0.39, 0.29) is 25.0 Å². The Morgan fingerprint density at radius 1 is 1.14 bits per heavy atom. The number of hydrogen-bond donors (Lipinski definition) is 3. The van der Waals surface area contributed by atoms with E-state index >= 15 is 0 Å². The second-order valence-electron chi connectivity index (χ2n) is 6.34. The molecule has 0 aliphatic rings. The van der Waals surface area contributed by atoms with Gasteiger partial charge in [-0.3, -0.25) is 14.4 Å². The number of carboxylic acid groups (broad SMARTS) is 1. The zero-order valence-electron chi connectivity index (χ0n) is 16.0. The molecule has 2 amide bonds. The van der Waals surface area contributed by atoms with Crippen molar-refractivity contribution in [2.24, 2.45) is 5.92 Å². The number of hydrogen-bond acceptors (Lipinski definition) is 5. The van der Waals surface area contributed by atoms with E-state index in [0.717, 1.165) is 0 Å². The van der Waals surface area contributed by atoms with Crippen LogP contribution in [-0.4, -0.2) is 47.6 Å². The summed E-state index contributed by atoms with van der Waals surface area (Å²) in [5.41, 5.74) is 0.197. The second-order valence-corrected chi connectivity index (χ2v) is 6.34. The normalized spacial score (nSPS) is 13.7. The van der Waals surface area contributed by atoms with E-state index in [1.165, 1.54) is 32.0 Å². The zero-order chi connectivity index (χ0) is 21.3. The minimum Gasteiger partial charge on any atom is -0.480 e. The van der Waals surface area contributed by atoms with Crippen molar-refractivity contribution in [3.05, 3.63) is 35.6 Å². The highest BCUT2D eigenvalue weighted by Crippen LogP contribution is 2.12. The average Bonchev–Trinajstić information content (AvgIpc) is 2.61. The Bertz CT molecular complexity index is 724. The van der Waals surface area contributed by atoms with Crippen LogP contribution in [0.2, 0.25) is 0 Å². The molecule has 0 unspecified atom stereocenters. The number of carbonyl (C=O) groups excluding carboxylic acids is 3. The van der Waals surface area contributed by atoms with Crippen molar-refractivity contribution >= 4 is 23.8 Å². The van der Waals surface area contributed by atoms with Gasteiger partial charge in [-0.25, -0.2) is 9.18 Å². The van der Waals surface area contributed by atoms with Crippen LogP contribution in [0.15, 0.2) is 24.3 Å². The molecule has 0 saturated heterocycles. The van der Waals surface area contributed by atoms with Gasteiger partial charge in [0.15, 0.2) is 0 Å². The summed E-state index contributed by atoms with van der Waals surface area (Å²) in [6, 6.07) is 3.22. The SMILES string of the molecule is CCOC(=O)[C@H](C)C[C@H](NC(=O)[C@@H](Cc1ccccc1F)NC(C)=O)C(=O)O. The third kappa shape index (κ3) is 7.34. The highest BCUT2D eigenvalue weighted by atomic mass is 19.1. The molecule has 28 heavy (non-hydrogen) atoms. The Hall–Kier alpha value is -2.97. The van der Waals surface area contributed by atoms with Crippen LogP contribution < -0.4 is 10.6 Å². The highest BCUT2D eigenvalue weighted by molar-refractivity contribution is 5.90. The van der Waals surface area contributed by atoms with E-state index < -0.39 is 47.6 Å². The Balaban J connectivity index is 2.90. The van der Waals surface area contributed by atoms with Gasteiger partial charge in [-0.1, -0.05) is 25.1 Å². The molecule has 0 radical (unpaired) electrons. The number of aliphatic carboxylic acids is 1. The molecule has 154 valence electrons. The minimum atomic E-state index is -1.37. The lowest BCUT2D eigenvalue weighted by Gasteiger charge is -2.22. The first-order valence-corrected chi connectivity index (χ1v) is 8.86. The standard InChI is InChI=1S/C19H25FN2O6/c1-4-28-19(27)11(2)9-16(18(25)26)22-17(24)15(21-12(3)23)10-13-7-5-6-8-14(13)20/h5-8,11,15-16H,4,9-10H2,1-3H3,(H,21,23)(H,22,24)(H,25,26)/t11-,15-,16+/m1/s1. The second kappa shape index (κ2) is 11.0. The molecule has 3 N–H and O–H groups in total. The number of benzene rings is 1. The van der Waals surface area contributed by atoms with Gasteiger partial charge in [-0.05, 0) is 25.0 Å². The summed E-state index contributed by atoms with van der Waals surface area (Å²) < 4.78 is 18.7. The molecule has 0 spiro atoms. The van der Waals surface area contributed by atoms with Gasteiger partial charge in [0.1, 0.15) is 17.9 Å². The van der Waals surface area contributed by atoms with E-state index in [0.29, 0.717) is 0 Å². The van der Waals surface area contributed by atoms with E-state index in [4.69, 9.17) is 4.74 Å². The molecule has 0 aromatic heterocycles. The van der Waals surface area contributed by atoms with Crippen molar-refractivity contribution in [2.45, 2.75) is 45.7 Å². The Labute approximate surface area is 162 Å². The first-order chi connectivity index (χ1) is 13.1. The lowest BCUT2D eigenvalue weighted by atomic mass is 10.00. The number of esters is 1. The third-order valence-electron chi connectivity index (χ3n) is 3.97. The van der Waals surface area contributed by atoms with Gasteiger partial charge in [0.05, 0.1) is 12.5 Å². The summed E-state index contributed by atoms with van der Waals surface area (Å²) in [7, 11) is 0. The maximum Gasteiger partial charge on any atom is 0.326 e. The maximum absolute atomic E-state index is 13.9. The monoisotopic (exact) mass is 396 g/mol. The zero-order valence-corrected chi connectivity index (χ0v) is 16.0. The molecule has 0 heterocycles. The van der Waals surface area contributed by atoms with Crippen LogP contribution in [0.25, 0.3) is 0 Å². The molecule has 9 heteroatoms. The Morgan fingerprint density at radius 3 is 2.32 bits per heavy atom. The van der Waals surface area contributed by atoms with Crippen molar-refractivity contribution in [3.63, 3.8) is 0 Å². The third-order valence-corrected chi connectivity index (χ3v) is 3.97. The summed E-state index contributed by atoms with van der Waals surface area (Å²) >= 11 is 0. The first kappa shape index (κ1) is 23.1. The van der Waals surface area contributed by atoms with Gasteiger partial charge in [0.2, 0.25) is 11.8 Å². The van der Waals surface area contributed by atoms with E-state index in [1.807, 2.05) is 0 Å². The fraction of sp³-hybridized carbons (Fsp3) is 0.474. The molecular formula is C19H25FN2O6.